The molecule has 1 fully saturated rings. The minimum atomic E-state index is -0.867. The number of nitrogens with zero attached hydrogens (tertiary/aromatic N) is 1. The van der Waals surface area contributed by atoms with E-state index in [9.17, 15) is 14.9 Å². The first kappa shape index (κ1) is 19.1. The van der Waals surface area contributed by atoms with Crippen molar-refractivity contribution in [2.45, 2.75) is 50.7 Å². The Labute approximate surface area is 152 Å². The number of nitriles is 1. The zero-order chi connectivity index (χ0) is 18.3. The average molecular weight is 365 g/mol. The number of hydrogen-bond donors (Lipinski definition) is 1. The van der Waals surface area contributed by atoms with E-state index < -0.39 is 30.1 Å². The summed E-state index contributed by atoms with van der Waals surface area (Å²) < 4.78 is 10.4. The lowest BCUT2D eigenvalue weighted by molar-refractivity contribution is -0.155. The first-order valence-corrected chi connectivity index (χ1v) is 8.63. The van der Waals surface area contributed by atoms with Crippen LogP contribution in [0.3, 0.4) is 0 Å². The molecule has 1 aliphatic carbocycles. The van der Waals surface area contributed by atoms with E-state index in [4.69, 9.17) is 21.1 Å². The molecule has 6 nitrogen and oxygen atoms in total. The molecule has 1 saturated carbocycles. The number of rotatable bonds is 6. The van der Waals surface area contributed by atoms with Gasteiger partial charge in [0, 0.05) is 5.02 Å². The number of carbonyl (C=O) groups excluding carboxylic acids is 2. The molecule has 0 radical (unpaired) electrons. The average Bonchev–Trinajstić information content (AvgIpc) is 2.62. The quantitative estimate of drug-likeness (QED) is 0.784. The summed E-state index contributed by atoms with van der Waals surface area (Å²) in [4.78, 5) is 23.9. The van der Waals surface area contributed by atoms with Crippen LogP contribution in [0, 0.1) is 11.3 Å². The molecule has 0 aliphatic heterocycles. The highest BCUT2D eigenvalue weighted by atomic mass is 35.5. The van der Waals surface area contributed by atoms with Crippen LogP contribution in [0.15, 0.2) is 24.3 Å². The number of benzene rings is 1. The van der Waals surface area contributed by atoms with Crippen LogP contribution in [0.5, 0.6) is 5.75 Å². The number of hydrogen-bond acceptors (Lipinski definition) is 5. The van der Waals surface area contributed by atoms with Crippen LogP contribution in [0.1, 0.15) is 39.0 Å². The molecular formula is C18H21ClN2O4. The number of ether oxygens (including phenoxy) is 2. The minimum Gasteiger partial charge on any atom is -0.479 e. The van der Waals surface area contributed by atoms with E-state index in [0.29, 0.717) is 23.6 Å². The van der Waals surface area contributed by atoms with Gasteiger partial charge in [0.15, 0.2) is 12.7 Å². The van der Waals surface area contributed by atoms with Gasteiger partial charge in [0.2, 0.25) is 0 Å². The molecule has 2 rings (SSSR count). The molecule has 0 bridgehead atoms. The molecule has 0 unspecified atom stereocenters. The van der Waals surface area contributed by atoms with Crippen LogP contribution in [0.4, 0.5) is 0 Å². The maximum atomic E-state index is 12.0. The number of carbonyl (C=O) groups is 2. The van der Waals surface area contributed by atoms with E-state index in [0.717, 1.165) is 19.3 Å². The summed E-state index contributed by atoms with van der Waals surface area (Å²) in [5, 5.41) is 12.6. The standard InChI is InChI=1S/C18H21ClN2O4/c1-13(25-15-7-5-14(19)6-8-15)17(23)24-11-16(22)21-18(12-20)9-3-2-4-10-18/h5-8,13H,2-4,9-11H2,1H3,(H,21,22)/t13-/m1/s1. The molecule has 1 amide bonds. The molecule has 0 saturated heterocycles. The second-order valence-electron chi connectivity index (χ2n) is 6.12. The minimum absolute atomic E-state index is 0.434. The van der Waals surface area contributed by atoms with Crippen molar-refractivity contribution in [2.75, 3.05) is 6.61 Å². The van der Waals surface area contributed by atoms with Gasteiger partial charge < -0.3 is 14.8 Å². The van der Waals surface area contributed by atoms with Crippen molar-refractivity contribution in [2.24, 2.45) is 0 Å². The summed E-state index contributed by atoms with van der Waals surface area (Å²) >= 11 is 5.78. The van der Waals surface area contributed by atoms with Crippen molar-refractivity contribution in [3.05, 3.63) is 29.3 Å². The largest absolute Gasteiger partial charge is 0.479 e. The van der Waals surface area contributed by atoms with Crippen molar-refractivity contribution < 1.29 is 19.1 Å². The van der Waals surface area contributed by atoms with E-state index >= 15 is 0 Å². The first-order chi connectivity index (χ1) is 11.9. The SMILES string of the molecule is C[C@@H](Oc1ccc(Cl)cc1)C(=O)OCC(=O)NC1(C#N)CCCCC1. The number of amides is 1. The smallest absolute Gasteiger partial charge is 0.347 e. The summed E-state index contributed by atoms with van der Waals surface area (Å²) in [5.74, 6) is -0.654. The highest BCUT2D eigenvalue weighted by molar-refractivity contribution is 6.30. The van der Waals surface area contributed by atoms with Gasteiger partial charge in [-0.3, -0.25) is 4.79 Å². The number of nitrogens with one attached hydrogen (secondary N) is 1. The zero-order valence-corrected chi connectivity index (χ0v) is 14.8. The summed E-state index contributed by atoms with van der Waals surface area (Å²) in [5.41, 5.74) is -0.840. The van der Waals surface area contributed by atoms with Gasteiger partial charge in [-0.2, -0.15) is 5.26 Å². The van der Waals surface area contributed by atoms with Crippen LogP contribution >= 0.6 is 11.6 Å². The molecule has 0 spiro atoms. The van der Waals surface area contributed by atoms with Crippen molar-refractivity contribution in [3.63, 3.8) is 0 Å². The normalized spacial score (nSPS) is 17.0. The first-order valence-electron chi connectivity index (χ1n) is 8.25. The summed E-state index contributed by atoms with van der Waals surface area (Å²) in [6.07, 6.45) is 3.25. The molecule has 1 atom stereocenters. The maximum Gasteiger partial charge on any atom is 0.347 e. The fourth-order valence-corrected chi connectivity index (χ4v) is 2.87. The second-order valence-corrected chi connectivity index (χ2v) is 6.56. The third-order valence-corrected chi connectivity index (χ3v) is 4.36. The third-order valence-electron chi connectivity index (χ3n) is 4.10. The van der Waals surface area contributed by atoms with Crippen LogP contribution in [0.2, 0.25) is 5.02 Å². The highest BCUT2D eigenvalue weighted by Gasteiger charge is 2.33. The predicted molar refractivity (Wildman–Crippen MR) is 92.1 cm³/mol. The molecule has 7 heteroatoms. The third kappa shape index (κ3) is 5.64. The Bertz CT molecular complexity index is 648. The Balaban J connectivity index is 1.79. The van der Waals surface area contributed by atoms with E-state index in [-0.39, 0.29) is 0 Å². The summed E-state index contributed by atoms with van der Waals surface area (Å²) in [6.45, 7) is 1.10. The van der Waals surface area contributed by atoms with Gasteiger partial charge in [-0.05, 0) is 44.0 Å². The van der Waals surface area contributed by atoms with Crippen LogP contribution in [-0.4, -0.2) is 30.1 Å². The van der Waals surface area contributed by atoms with Gasteiger partial charge in [0.05, 0.1) is 6.07 Å². The Morgan fingerprint density at radius 3 is 2.52 bits per heavy atom. The molecule has 0 heterocycles. The Morgan fingerprint density at radius 2 is 1.92 bits per heavy atom. The highest BCUT2D eigenvalue weighted by Crippen LogP contribution is 2.27. The van der Waals surface area contributed by atoms with E-state index in [1.165, 1.54) is 6.92 Å². The summed E-state index contributed by atoms with van der Waals surface area (Å²) in [6, 6.07) is 8.76. The van der Waals surface area contributed by atoms with Crippen LogP contribution in [0.25, 0.3) is 0 Å². The van der Waals surface area contributed by atoms with Crippen molar-refractivity contribution >= 4 is 23.5 Å². The molecule has 25 heavy (non-hydrogen) atoms. The fourth-order valence-electron chi connectivity index (χ4n) is 2.74. The van der Waals surface area contributed by atoms with Crippen molar-refractivity contribution in [1.29, 1.82) is 5.26 Å². The van der Waals surface area contributed by atoms with Gasteiger partial charge in [-0.25, -0.2) is 4.79 Å². The molecule has 1 aliphatic rings. The second kappa shape index (κ2) is 8.72. The lowest BCUT2D eigenvalue weighted by Gasteiger charge is -2.31. The number of esters is 1. The number of halogens is 1. The van der Waals surface area contributed by atoms with Crippen LogP contribution in [-0.2, 0) is 14.3 Å². The van der Waals surface area contributed by atoms with Crippen molar-refractivity contribution in [3.8, 4) is 11.8 Å². The molecule has 1 aromatic rings. The van der Waals surface area contributed by atoms with Gasteiger partial charge in [0.25, 0.3) is 5.91 Å². The van der Waals surface area contributed by atoms with E-state index in [1.54, 1.807) is 24.3 Å². The lowest BCUT2D eigenvalue weighted by Crippen LogP contribution is -2.50. The van der Waals surface area contributed by atoms with Crippen molar-refractivity contribution in [1.82, 2.24) is 5.32 Å². The molecule has 1 N–H and O–H groups in total. The molecule has 0 aromatic heterocycles. The van der Waals surface area contributed by atoms with E-state index in [2.05, 4.69) is 11.4 Å². The monoisotopic (exact) mass is 364 g/mol. The van der Waals surface area contributed by atoms with Gasteiger partial charge in [0.1, 0.15) is 11.3 Å². The van der Waals surface area contributed by atoms with Gasteiger partial charge >= 0.3 is 5.97 Å². The molecule has 134 valence electrons. The lowest BCUT2D eigenvalue weighted by atomic mass is 9.83. The van der Waals surface area contributed by atoms with E-state index in [1.807, 2.05) is 0 Å². The predicted octanol–water partition coefficient (Wildman–Crippen LogP) is 2.99. The fraction of sp³-hybridized carbons (Fsp3) is 0.500. The topological polar surface area (TPSA) is 88.4 Å². The molecular weight excluding hydrogens is 344 g/mol. The van der Waals surface area contributed by atoms with Gasteiger partial charge in [-0.1, -0.05) is 30.9 Å². The van der Waals surface area contributed by atoms with Crippen LogP contribution < -0.4 is 10.1 Å². The summed E-state index contributed by atoms with van der Waals surface area (Å²) in [7, 11) is 0. The Morgan fingerprint density at radius 1 is 1.28 bits per heavy atom. The Kier molecular flexibility index (Phi) is 6.65. The maximum absolute atomic E-state index is 12.0. The van der Waals surface area contributed by atoms with Gasteiger partial charge in [-0.15, -0.1) is 0 Å². The Hall–Kier alpha value is -2.26. The molecule has 1 aromatic carbocycles. The zero-order valence-electron chi connectivity index (χ0n) is 14.1.